The first-order valence-corrected chi connectivity index (χ1v) is 15.7. The van der Waals surface area contributed by atoms with Crippen LogP contribution in [0.4, 0.5) is 4.79 Å². The Bertz CT molecular complexity index is 1890. The monoisotopic (exact) mass is 650 g/mol. The number of hydrogen-bond donors (Lipinski definition) is 7. The zero-order valence-corrected chi connectivity index (χ0v) is 26.2. The number of carboxylic acid groups (broad SMARTS) is 1. The summed E-state index contributed by atoms with van der Waals surface area (Å²) in [4.78, 5) is 38.3. The zero-order chi connectivity index (χ0) is 33.9. The molecule has 4 aromatic carbocycles. The molecule has 48 heavy (non-hydrogen) atoms. The van der Waals surface area contributed by atoms with Gasteiger partial charge in [-0.1, -0.05) is 60.7 Å². The fourth-order valence-corrected chi connectivity index (χ4v) is 5.41. The summed E-state index contributed by atoms with van der Waals surface area (Å²) in [5.41, 5.74) is 3.56. The van der Waals surface area contributed by atoms with Gasteiger partial charge < -0.3 is 41.0 Å². The number of unbranched alkanes of at least 4 members (excludes halogenated alkanes) is 1. The van der Waals surface area contributed by atoms with Gasteiger partial charge in [-0.25, -0.2) is 4.79 Å². The first-order chi connectivity index (χ1) is 23.3. The van der Waals surface area contributed by atoms with Crippen molar-refractivity contribution in [2.24, 2.45) is 0 Å². The Morgan fingerprint density at radius 3 is 2.35 bits per heavy atom. The highest BCUT2D eigenvalue weighted by Crippen LogP contribution is 2.29. The second-order valence-electron chi connectivity index (χ2n) is 11.3. The van der Waals surface area contributed by atoms with E-state index in [2.05, 4.69) is 20.9 Å². The van der Waals surface area contributed by atoms with Gasteiger partial charge in [-0.2, -0.15) is 0 Å². The average molecular weight is 651 g/mol. The van der Waals surface area contributed by atoms with Crippen LogP contribution in [-0.2, 0) is 6.61 Å². The van der Waals surface area contributed by atoms with E-state index in [1.165, 1.54) is 12.1 Å². The Morgan fingerprint density at radius 2 is 1.58 bits per heavy atom. The maximum Gasteiger partial charge on any atom is 0.405 e. The number of H-pyrrole nitrogens is 1. The standard InChI is InChI=1S/C37H38N4O7/c42-31-17-15-29(30-16-18-33(44)40-35(30)31)32(43)22-38-19-4-5-20-39-36(45)26-13-11-24(12-14-26)23-48-28-10-6-9-27(21-28)34(41-37(46)47)25-7-2-1-3-8-25/h1-3,6-18,21,32,34,38,41-43H,4-5,19-20,22-23H2,(H,39,45)(H,40,44)(H,46,47)/t32-,34?/m1/s1. The lowest BCUT2D eigenvalue weighted by atomic mass is 9.98. The van der Waals surface area contributed by atoms with Crippen molar-refractivity contribution in [3.8, 4) is 11.5 Å². The lowest BCUT2D eigenvalue weighted by Gasteiger charge is -2.19. The number of hydrogen-bond acceptors (Lipinski definition) is 7. The third kappa shape index (κ3) is 8.99. The maximum atomic E-state index is 12.6. The number of aliphatic hydroxyl groups excluding tert-OH is 1. The molecule has 0 spiro atoms. The molecule has 7 N–H and O–H groups in total. The Kier molecular flexibility index (Phi) is 11.4. The maximum absolute atomic E-state index is 12.6. The number of pyridine rings is 1. The minimum Gasteiger partial charge on any atom is -0.506 e. The molecular weight excluding hydrogens is 612 g/mol. The molecule has 0 aliphatic heterocycles. The van der Waals surface area contributed by atoms with Crippen LogP contribution < -0.4 is 26.2 Å². The van der Waals surface area contributed by atoms with Crippen LogP contribution >= 0.6 is 0 Å². The van der Waals surface area contributed by atoms with E-state index in [9.17, 15) is 29.7 Å². The smallest absolute Gasteiger partial charge is 0.405 e. The first-order valence-electron chi connectivity index (χ1n) is 15.7. The van der Waals surface area contributed by atoms with E-state index in [0.717, 1.165) is 29.5 Å². The first kappa shape index (κ1) is 33.7. The van der Waals surface area contributed by atoms with E-state index in [-0.39, 0.29) is 23.8 Å². The molecule has 1 aromatic heterocycles. The number of carbonyl (C=O) groups excluding carboxylic acids is 1. The van der Waals surface area contributed by atoms with Crippen molar-refractivity contribution in [1.82, 2.24) is 20.9 Å². The van der Waals surface area contributed by atoms with Crippen LogP contribution in [0.3, 0.4) is 0 Å². The largest absolute Gasteiger partial charge is 0.506 e. The molecule has 2 amide bonds. The molecule has 5 rings (SSSR count). The summed E-state index contributed by atoms with van der Waals surface area (Å²) in [7, 11) is 0. The van der Waals surface area contributed by atoms with E-state index in [4.69, 9.17) is 4.74 Å². The number of aromatic hydroxyl groups is 1. The molecule has 0 radical (unpaired) electrons. The van der Waals surface area contributed by atoms with Crippen molar-refractivity contribution in [2.75, 3.05) is 19.6 Å². The molecule has 0 saturated carbocycles. The predicted octanol–water partition coefficient (Wildman–Crippen LogP) is 5.00. The lowest BCUT2D eigenvalue weighted by Crippen LogP contribution is -2.27. The summed E-state index contributed by atoms with van der Waals surface area (Å²) in [6.07, 6.45) is -0.417. The molecule has 1 unspecified atom stereocenters. The van der Waals surface area contributed by atoms with Crippen LogP contribution in [0.1, 0.15) is 57.6 Å². The summed E-state index contributed by atoms with van der Waals surface area (Å²) >= 11 is 0. The zero-order valence-electron chi connectivity index (χ0n) is 26.2. The number of carbonyl (C=O) groups is 2. The van der Waals surface area contributed by atoms with E-state index < -0.39 is 18.2 Å². The fraction of sp³-hybridized carbons (Fsp3) is 0.216. The highest BCUT2D eigenvalue weighted by atomic mass is 16.5. The van der Waals surface area contributed by atoms with Crippen molar-refractivity contribution in [3.05, 3.63) is 141 Å². The Morgan fingerprint density at radius 1 is 0.833 bits per heavy atom. The minimum absolute atomic E-state index is 0.0524. The SMILES string of the molecule is O=C(O)NC(c1ccccc1)c1cccc(OCc2ccc(C(=O)NCCCCNC[C@@H](O)c3ccc(O)c4[nH]c(=O)ccc34)cc2)c1. The second-order valence-corrected chi connectivity index (χ2v) is 11.3. The number of ether oxygens (including phenoxy) is 1. The third-order valence-electron chi connectivity index (χ3n) is 7.88. The Hall–Kier alpha value is -5.65. The number of nitrogens with one attached hydrogen (secondary N) is 4. The van der Waals surface area contributed by atoms with Crippen LogP contribution in [0.25, 0.3) is 10.9 Å². The molecule has 0 saturated heterocycles. The number of phenols is 1. The molecule has 5 aromatic rings. The minimum atomic E-state index is -1.12. The molecule has 11 nitrogen and oxygen atoms in total. The van der Waals surface area contributed by atoms with Crippen molar-refractivity contribution in [1.29, 1.82) is 0 Å². The van der Waals surface area contributed by atoms with Gasteiger partial charge in [0.2, 0.25) is 5.56 Å². The molecule has 2 atom stereocenters. The number of phenolic OH excluding ortho intramolecular Hbond substituents is 1. The summed E-state index contributed by atoms with van der Waals surface area (Å²) in [6, 6.07) is 29.3. The molecular formula is C37H38N4O7. The number of aliphatic hydroxyl groups is 1. The summed E-state index contributed by atoms with van der Waals surface area (Å²) in [6.45, 7) is 1.71. The van der Waals surface area contributed by atoms with Crippen LogP contribution in [-0.4, -0.2) is 51.9 Å². The average Bonchev–Trinajstić information content (AvgIpc) is 3.10. The van der Waals surface area contributed by atoms with E-state index in [0.29, 0.717) is 47.4 Å². The van der Waals surface area contributed by atoms with Crippen molar-refractivity contribution < 1.29 is 29.6 Å². The normalized spacial score (nSPS) is 12.3. The number of benzene rings is 4. The Labute approximate surface area is 277 Å². The van der Waals surface area contributed by atoms with Crippen molar-refractivity contribution >= 4 is 22.9 Å². The second kappa shape index (κ2) is 16.3. The van der Waals surface area contributed by atoms with Gasteiger partial charge in [-0.15, -0.1) is 0 Å². The lowest BCUT2D eigenvalue weighted by molar-refractivity contribution is 0.0953. The molecule has 0 bridgehead atoms. The highest BCUT2D eigenvalue weighted by molar-refractivity contribution is 5.94. The molecule has 0 fully saturated rings. The number of aromatic amines is 1. The molecule has 0 aliphatic rings. The summed E-state index contributed by atoms with van der Waals surface area (Å²) in [5, 5.41) is 39.4. The van der Waals surface area contributed by atoms with Gasteiger partial charge in [0.1, 0.15) is 18.1 Å². The Balaban J connectivity index is 1.03. The van der Waals surface area contributed by atoms with E-state index in [1.54, 1.807) is 24.3 Å². The fourth-order valence-electron chi connectivity index (χ4n) is 5.41. The van der Waals surface area contributed by atoms with E-state index in [1.807, 2.05) is 66.7 Å². The van der Waals surface area contributed by atoms with Crippen molar-refractivity contribution in [3.63, 3.8) is 0 Å². The number of rotatable bonds is 15. The van der Waals surface area contributed by atoms with Gasteiger partial charge in [0.15, 0.2) is 0 Å². The van der Waals surface area contributed by atoms with Gasteiger partial charge in [-0.05, 0) is 78.0 Å². The van der Waals surface area contributed by atoms with Gasteiger partial charge in [0.05, 0.1) is 17.7 Å². The van der Waals surface area contributed by atoms with Crippen LogP contribution in [0.5, 0.6) is 11.5 Å². The van der Waals surface area contributed by atoms with Gasteiger partial charge in [-0.3, -0.25) is 9.59 Å². The summed E-state index contributed by atoms with van der Waals surface area (Å²) < 4.78 is 5.98. The third-order valence-corrected chi connectivity index (χ3v) is 7.88. The topological polar surface area (TPSA) is 173 Å². The molecule has 1 heterocycles. The van der Waals surface area contributed by atoms with Gasteiger partial charge >= 0.3 is 6.09 Å². The van der Waals surface area contributed by atoms with Gasteiger partial charge in [0.25, 0.3) is 5.91 Å². The van der Waals surface area contributed by atoms with Crippen molar-refractivity contribution in [2.45, 2.75) is 31.6 Å². The summed E-state index contributed by atoms with van der Waals surface area (Å²) in [5.74, 6) is 0.370. The highest BCUT2D eigenvalue weighted by Gasteiger charge is 2.17. The molecule has 11 heteroatoms. The van der Waals surface area contributed by atoms with E-state index >= 15 is 0 Å². The van der Waals surface area contributed by atoms with Crippen LogP contribution in [0, 0.1) is 0 Å². The molecule has 248 valence electrons. The van der Waals surface area contributed by atoms with Crippen LogP contribution in [0.15, 0.2) is 108 Å². The number of amides is 2. The number of fused-ring (bicyclic) bond motifs is 1. The predicted molar refractivity (Wildman–Crippen MR) is 182 cm³/mol. The van der Waals surface area contributed by atoms with Gasteiger partial charge in [0, 0.05) is 30.1 Å². The molecule has 0 aliphatic carbocycles. The quantitative estimate of drug-likeness (QED) is 0.0776. The van der Waals surface area contributed by atoms with Crippen LogP contribution in [0.2, 0.25) is 0 Å². The number of aromatic nitrogens is 1.